The van der Waals surface area contributed by atoms with Gasteiger partial charge in [0, 0.05) is 33.1 Å². The van der Waals surface area contributed by atoms with Gasteiger partial charge in [-0.3, -0.25) is 14.4 Å². The zero-order valence-corrected chi connectivity index (χ0v) is 17.1. The van der Waals surface area contributed by atoms with Gasteiger partial charge in [0.25, 0.3) is 0 Å². The minimum atomic E-state index is -0.557. The fourth-order valence-electron chi connectivity index (χ4n) is 4.27. The lowest BCUT2D eigenvalue weighted by Gasteiger charge is -2.39. The van der Waals surface area contributed by atoms with Gasteiger partial charge >= 0.3 is 0 Å². The van der Waals surface area contributed by atoms with Crippen LogP contribution in [0.2, 0.25) is 0 Å². The Morgan fingerprint density at radius 2 is 1.79 bits per heavy atom. The second-order valence-corrected chi connectivity index (χ2v) is 8.31. The third-order valence-corrected chi connectivity index (χ3v) is 5.84. The molecule has 0 radical (unpaired) electrons. The van der Waals surface area contributed by atoms with Crippen LogP contribution < -0.4 is 5.32 Å². The van der Waals surface area contributed by atoms with Crippen LogP contribution in [-0.4, -0.2) is 79.9 Å². The van der Waals surface area contributed by atoms with Crippen molar-refractivity contribution in [1.82, 2.24) is 35.3 Å². The summed E-state index contributed by atoms with van der Waals surface area (Å²) in [5, 5.41) is 13.6. The fraction of sp³-hybridized carbons (Fsp3) is 0.684. The number of amides is 3. The van der Waals surface area contributed by atoms with E-state index in [0.29, 0.717) is 32.6 Å². The number of rotatable bonds is 6. The van der Waals surface area contributed by atoms with Gasteiger partial charge in [-0.05, 0) is 48.4 Å². The molecule has 29 heavy (non-hydrogen) atoms. The maximum Gasteiger partial charge on any atom is 0.245 e. The molecule has 0 aromatic carbocycles. The topological polar surface area (TPSA) is 113 Å². The zero-order chi connectivity index (χ0) is 21.0. The minimum Gasteiger partial charge on any atom is -0.344 e. The molecular formula is C19H29N7O3. The molecule has 3 rings (SSSR count). The summed E-state index contributed by atoms with van der Waals surface area (Å²) in [6.45, 7) is 9.99. The first-order valence-corrected chi connectivity index (χ1v) is 9.97. The maximum atomic E-state index is 13.0. The van der Waals surface area contributed by atoms with E-state index < -0.39 is 6.04 Å². The highest BCUT2D eigenvalue weighted by Crippen LogP contribution is 2.40. The molecule has 10 nitrogen and oxygen atoms in total. The van der Waals surface area contributed by atoms with Crippen molar-refractivity contribution in [2.75, 3.05) is 26.2 Å². The average molecular weight is 403 g/mol. The minimum absolute atomic E-state index is 0.00487. The molecule has 2 aliphatic heterocycles. The number of nitrogens with one attached hydrogen (secondary N) is 1. The lowest BCUT2D eigenvalue weighted by Crippen LogP contribution is -2.49. The van der Waals surface area contributed by atoms with Crippen LogP contribution in [0.5, 0.6) is 0 Å². The third kappa shape index (κ3) is 5.18. The molecule has 1 spiro atoms. The predicted molar refractivity (Wildman–Crippen MR) is 104 cm³/mol. The molecule has 2 aliphatic rings. The van der Waals surface area contributed by atoms with Crippen molar-refractivity contribution in [2.24, 2.45) is 5.41 Å². The number of piperidine rings is 1. The summed E-state index contributed by atoms with van der Waals surface area (Å²) < 4.78 is 1.42. The number of tetrazole rings is 1. The normalized spacial score (nSPS) is 19.2. The quantitative estimate of drug-likeness (QED) is 0.668. The third-order valence-electron chi connectivity index (χ3n) is 5.84. The molecule has 0 bridgehead atoms. The molecule has 1 atom stereocenters. The van der Waals surface area contributed by atoms with Crippen LogP contribution in [-0.2, 0) is 20.9 Å². The summed E-state index contributed by atoms with van der Waals surface area (Å²) in [7, 11) is 0. The molecule has 0 aliphatic carbocycles. The van der Waals surface area contributed by atoms with E-state index in [1.165, 1.54) is 17.9 Å². The monoisotopic (exact) mass is 403 g/mol. The fourth-order valence-corrected chi connectivity index (χ4v) is 4.27. The molecule has 0 saturated carbocycles. The van der Waals surface area contributed by atoms with Crippen LogP contribution in [0.25, 0.3) is 0 Å². The number of carbonyl (C=O) groups excluding carboxylic acids is 3. The molecule has 1 unspecified atom stereocenters. The van der Waals surface area contributed by atoms with Crippen molar-refractivity contribution < 1.29 is 14.4 Å². The second kappa shape index (κ2) is 8.71. The number of likely N-dealkylation sites (tertiary alicyclic amines) is 2. The lowest BCUT2D eigenvalue weighted by molar-refractivity contribution is -0.137. The summed E-state index contributed by atoms with van der Waals surface area (Å²) in [6, 6.07) is -0.557. The predicted octanol–water partition coefficient (Wildman–Crippen LogP) is -0.0149. The highest BCUT2D eigenvalue weighted by atomic mass is 16.2. The number of nitrogens with zero attached hydrogens (tertiary/aromatic N) is 6. The highest BCUT2D eigenvalue weighted by Gasteiger charge is 2.43. The Labute approximate surface area is 170 Å². The van der Waals surface area contributed by atoms with Crippen LogP contribution >= 0.6 is 0 Å². The molecule has 1 N–H and O–H groups in total. The van der Waals surface area contributed by atoms with E-state index in [2.05, 4.69) is 27.4 Å². The van der Waals surface area contributed by atoms with Gasteiger partial charge in [-0.25, -0.2) is 4.68 Å². The maximum absolute atomic E-state index is 13.0. The van der Waals surface area contributed by atoms with Crippen LogP contribution in [0.1, 0.15) is 39.5 Å². The second-order valence-electron chi connectivity index (χ2n) is 8.31. The van der Waals surface area contributed by atoms with E-state index >= 15 is 0 Å². The Morgan fingerprint density at radius 1 is 1.14 bits per heavy atom. The van der Waals surface area contributed by atoms with Crippen molar-refractivity contribution in [1.29, 1.82) is 0 Å². The Morgan fingerprint density at radius 3 is 2.34 bits per heavy atom. The van der Waals surface area contributed by atoms with Crippen molar-refractivity contribution in [3.63, 3.8) is 0 Å². The summed E-state index contributed by atoms with van der Waals surface area (Å²) in [5.41, 5.74) is 0.908. The van der Waals surface area contributed by atoms with Gasteiger partial charge in [-0.2, -0.15) is 0 Å². The van der Waals surface area contributed by atoms with Crippen LogP contribution in [0, 0.1) is 5.41 Å². The molecule has 1 aromatic heterocycles. The first kappa shape index (κ1) is 20.9. The van der Waals surface area contributed by atoms with Crippen LogP contribution in [0.3, 0.4) is 0 Å². The summed E-state index contributed by atoms with van der Waals surface area (Å²) in [4.78, 5) is 40.6. The molecule has 3 heterocycles. The van der Waals surface area contributed by atoms with Gasteiger partial charge in [0.15, 0.2) is 0 Å². The summed E-state index contributed by atoms with van der Waals surface area (Å²) >= 11 is 0. The Kier molecular flexibility index (Phi) is 6.29. The molecule has 3 amide bonds. The van der Waals surface area contributed by atoms with Gasteiger partial charge in [0.2, 0.25) is 17.7 Å². The summed E-state index contributed by atoms with van der Waals surface area (Å²) in [5.74, 6) is -0.254. The number of hydrogen-bond donors (Lipinski definition) is 1. The Bertz CT molecular complexity index is 753. The Balaban J connectivity index is 1.54. The van der Waals surface area contributed by atoms with Crippen molar-refractivity contribution in [3.05, 3.63) is 18.5 Å². The van der Waals surface area contributed by atoms with Crippen LogP contribution in [0.15, 0.2) is 18.5 Å². The smallest absolute Gasteiger partial charge is 0.245 e. The highest BCUT2D eigenvalue weighted by molar-refractivity contribution is 5.87. The van der Waals surface area contributed by atoms with E-state index in [0.717, 1.165) is 24.8 Å². The van der Waals surface area contributed by atoms with Gasteiger partial charge in [0.05, 0.1) is 0 Å². The summed E-state index contributed by atoms with van der Waals surface area (Å²) in [6.07, 6.45) is 4.53. The van der Waals surface area contributed by atoms with E-state index in [1.54, 1.807) is 0 Å². The lowest BCUT2D eigenvalue weighted by atomic mass is 9.77. The van der Waals surface area contributed by atoms with Gasteiger partial charge in [-0.15, -0.1) is 11.7 Å². The van der Waals surface area contributed by atoms with E-state index in [1.807, 2.05) is 16.7 Å². The van der Waals surface area contributed by atoms with E-state index in [9.17, 15) is 14.4 Å². The SMILES string of the molecule is C=C(C)CC(NC(C)=O)C(=O)N1CCC2(CCN(C(=O)Cn3cnnn3)CC2)C1. The molecule has 2 fully saturated rings. The van der Waals surface area contributed by atoms with Gasteiger partial charge in [0.1, 0.15) is 18.9 Å². The van der Waals surface area contributed by atoms with Crippen LogP contribution in [0.4, 0.5) is 0 Å². The van der Waals surface area contributed by atoms with Gasteiger partial charge < -0.3 is 15.1 Å². The number of aromatic nitrogens is 4. The molecule has 1 aromatic rings. The van der Waals surface area contributed by atoms with Crippen molar-refractivity contribution in [2.45, 2.75) is 52.1 Å². The van der Waals surface area contributed by atoms with E-state index in [-0.39, 0.29) is 29.7 Å². The largest absolute Gasteiger partial charge is 0.344 e. The molecular weight excluding hydrogens is 374 g/mol. The first-order valence-electron chi connectivity index (χ1n) is 9.97. The number of hydrogen-bond acceptors (Lipinski definition) is 6. The first-order chi connectivity index (χ1) is 13.8. The standard InChI is InChI=1S/C19H29N7O3/c1-14(2)10-16(21-15(3)27)18(29)25-9-6-19(12-25)4-7-24(8-5-19)17(28)11-26-13-20-22-23-26/h13,16H,1,4-12H2,2-3H3,(H,21,27). The number of carbonyl (C=O) groups is 3. The average Bonchev–Trinajstić information content (AvgIpc) is 3.31. The van der Waals surface area contributed by atoms with E-state index in [4.69, 9.17) is 0 Å². The molecule has 2 saturated heterocycles. The van der Waals surface area contributed by atoms with Gasteiger partial charge in [-0.1, -0.05) is 5.57 Å². The molecule has 10 heteroatoms. The van der Waals surface area contributed by atoms with Crippen molar-refractivity contribution in [3.8, 4) is 0 Å². The van der Waals surface area contributed by atoms with Crippen molar-refractivity contribution >= 4 is 17.7 Å². The molecule has 158 valence electrons. The zero-order valence-electron chi connectivity index (χ0n) is 17.1. The Hall–Kier alpha value is -2.78.